The van der Waals surface area contributed by atoms with Crippen LogP contribution in [0.3, 0.4) is 0 Å². The SMILES string of the molecule is NC(=O)C1(NC(=O)CN2CN(c3ccccc3)C3(CCN(Cc4cccc5ccccc45)CC3)C2=O)C[C@H]1CCN=C(N)N. The van der Waals surface area contributed by atoms with Crippen LogP contribution in [-0.4, -0.2) is 77.4 Å². The summed E-state index contributed by atoms with van der Waals surface area (Å²) in [7, 11) is 0. The molecule has 11 nitrogen and oxygen atoms in total. The molecule has 1 aliphatic carbocycles. The smallest absolute Gasteiger partial charge is 0.250 e. The number of nitrogens with zero attached hydrogens (tertiary/aromatic N) is 4. The van der Waals surface area contributed by atoms with Crippen LogP contribution in [0.1, 0.15) is 31.2 Å². The number of hydrogen-bond donors (Lipinski definition) is 4. The number of likely N-dealkylation sites (tertiary alicyclic amines) is 1. The number of fused-ring (bicyclic) bond motifs is 1. The molecule has 1 spiro atoms. The predicted molar refractivity (Wildman–Crippen MR) is 170 cm³/mol. The normalized spacial score (nSPS) is 22.7. The van der Waals surface area contributed by atoms with Crippen LogP contribution in [0.15, 0.2) is 77.8 Å². The molecule has 6 rings (SSSR count). The molecule has 3 aromatic carbocycles. The molecule has 3 aliphatic rings. The van der Waals surface area contributed by atoms with E-state index in [-0.39, 0.29) is 31.0 Å². The van der Waals surface area contributed by atoms with Gasteiger partial charge in [0.1, 0.15) is 17.6 Å². The summed E-state index contributed by atoms with van der Waals surface area (Å²) in [6.45, 7) is 2.79. The van der Waals surface area contributed by atoms with Gasteiger partial charge < -0.3 is 32.3 Å². The minimum atomic E-state index is -1.14. The van der Waals surface area contributed by atoms with Crippen molar-refractivity contribution in [2.75, 3.05) is 37.7 Å². The molecule has 0 bridgehead atoms. The number of aliphatic imine (C=N–C) groups is 1. The van der Waals surface area contributed by atoms with Crippen LogP contribution in [0.2, 0.25) is 0 Å². The van der Waals surface area contributed by atoms with Crippen molar-refractivity contribution in [3.63, 3.8) is 0 Å². The van der Waals surface area contributed by atoms with Crippen molar-refractivity contribution >= 4 is 40.1 Å². The van der Waals surface area contributed by atoms with Gasteiger partial charge in [-0.3, -0.25) is 24.3 Å². The number of para-hydroxylation sites is 1. The van der Waals surface area contributed by atoms with Crippen LogP contribution in [0.4, 0.5) is 5.69 Å². The van der Waals surface area contributed by atoms with Gasteiger partial charge in [0.2, 0.25) is 17.7 Å². The van der Waals surface area contributed by atoms with E-state index in [1.54, 1.807) is 4.90 Å². The molecule has 1 saturated carbocycles. The second kappa shape index (κ2) is 11.8. The Kier molecular flexibility index (Phi) is 7.89. The van der Waals surface area contributed by atoms with Crippen LogP contribution >= 0.6 is 0 Å². The number of carbonyl (C=O) groups is 3. The lowest BCUT2D eigenvalue weighted by atomic mass is 9.85. The highest BCUT2D eigenvalue weighted by Gasteiger charge is 2.60. The molecule has 3 amide bonds. The second-order valence-corrected chi connectivity index (χ2v) is 12.2. The fraction of sp³-hybridized carbons (Fsp3) is 0.394. The van der Waals surface area contributed by atoms with Gasteiger partial charge in [-0.2, -0.15) is 0 Å². The van der Waals surface area contributed by atoms with Crippen molar-refractivity contribution in [3.8, 4) is 0 Å². The molecule has 7 N–H and O–H groups in total. The Labute approximate surface area is 257 Å². The Morgan fingerprint density at radius 1 is 0.932 bits per heavy atom. The molecule has 0 radical (unpaired) electrons. The van der Waals surface area contributed by atoms with Crippen molar-refractivity contribution in [2.24, 2.45) is 28.1 Å². The molecule has 2 aliphatic heterocycles. The van der Waals surface area contributed by atoms with Crippen molar-refractivity contribution in [1.29, 1.82) is 0 Å². The lowest BCUT2D eigenvalue weighted by Crippen LogP contribution is -2.56. The maximum Gasteiger partial charge on any atom is 0.250 e. The Morgan fingerprint density at radius 3 is 2.36 bits per heavy atom. The lowest BCUT2D eigenvalue weighted by Gasteiger charge is -2.43. The van der Waals surface area contributed by atoms with Crippen molar-refractivity contribution in [3.05, 3.63) is 78.4 Å². The number of rotatable bonds is 10. The largest absolute Gasteiger partial charge is 0.370 e. The molecule has 2 atom stereocenters. The van der Waals surface area contributed by atoms with Gasteiger partial charge >= 0.3 is 0 Å². The summed E-state index contributed by atoms with van der Waals surface area (Å²) < 4.78 is 0. The van der Waals surface area contributed by atoms with Crippen molar-refractivity contribution in [1.82, 2.24) is 15.1 Å². The number of piperidine rings is 1. The average molecular weight is 597 g/mol. The standard InChI is InChI=1S/C33H40N8O3/c34-29(43)33(19-25(33)13-16-37-31(35)36)38-28(42)21-40-22-41(26-10-2-1-3-11-26)32(30(40)44)14-17-39(18-15-32)20-24-9-6-8-23-7-4-5-12-27(23)24/h1-12,25H,13-22H2,(H2,34,43)(H,38,42)(H4,35,36,37)/t25-,33?/m1/s1. The monoisotopic (exact) mass is 596 g/mol. The zero-order valence-electron chi connectivity index (χ0n) is 24.8. The van der Waals surface area contributed by atoms with E-state index in [9.17, 15) is 14.4 Å². The van der Waals surface area contributed by atoms with E-state index in [1.165, 1.54) is 16.3 Å². The van der Waals surface area contributed by atoms with E-state index in [4.69, 9.17) is 17.2 Å². The molecule has 3 aromatic rings. The Balaban J connectivity index is 1.15. The van der Waals surface area contributed by atoms with Gasteiger partial charge in [0, 0.05) is 31.9 Å². The minimum absolute atomic E-state index is 0.0248. The number of primary amides is 1. The first-order valence-corrected chi connectivity index (χ1v) is 15.2. The number of anilines is 1. The fourth-order valence-electron chi connectivity index (χ4n) is 7.08. The molecule has 11 heteroatoms. The summed E-state index contributed by atoms with van der Waals surface area (Å²) in [5.41, 5.74) is 16.9. The van der Waals surface area contributed by atoms with Crippen molar-refractivity contribution < 1.29 is 14.4 Å². The maximum absolute atomic E-state index is 14.2. The maximum atomic E-state index is 14.2. The summed E-state index contributed by atoms with van der Waals surface area (Å²) >= 11 is 0. The van der Waals surface area contributed by atoms with Gasteiger partial charge in [-0.1, -0.05) is 60.7 Å². The van der Waals surface area contributed by atoms with E-state index in [0.29, 0.717) is 32.2 Å². The second-order valence-electron chi connectivity index (χ2n) is 12.2. The first kappa shape index (κ1) is 29.4. The molecule has 2 heterocycles. The highest BCUT2D eigenvalue weighted by atomic mass is 16.2. The zero-order chi connectivity index (χ0) is 30.9. The van der Waals surface area contributed by atoms with Crippen LogP contribution < -0.4 is 27.4 Å². The summed E-state index contributed by atoms with van der Waals surface area (Å²) in [6, 6.07) is 24.7. The van der Waals surface area contributed by atoms with Gasteiger partial charge in [0.25, 0.3) is 0 Å². The van der Waals surface area contributed by atoms with Crippen LogP contribution in [0.25, 0.3) is 10.8 Å². The lowest BCUT2D eigenvalue weighted by molar-refractivity contribution is -0.138. The third-order valence-electron chi connectivity index (χ3n) is 9.55. The number of benzene rings is 3. The molecule has 230 valence electrons. The Hall–Kier alpha value is -4.64. The number of amides is 3. The van der Waals surface area contributed by atoms with E-state index in [0.717, 1.165) is 25.3 Å². The highest BCUT2D eigenvalue weighted by molar-refractivity contribution is 5.98. The van der Waals surface area contributed by atoms with Crippen LogP contribution in [-0.2, 0) is 20.9 Å². The minimum Gasteiger partial charge on any atom is -0.370 e. The number of carbonyl (C=O) groups excluding carboxylic acids is 3. The summed E-state index contributed by atoms with van der Waals surface area (Å²) in [6.07, 6.45) is 2.22. The summed E-state index contributed by atoms with van der Waals surface area (Å²) in [5.74, 6) is -1.23. The van der Waals surface area contributed by atoms with Gasteiger partial charge in [0.15, 0.2) is 5.96 Å². The summed E-state index contributed by atoms with van der Waals surface area (Å²) in [4.78, 5) is 50.0. The van der Waals surface area contributed by atoms with Crippen LogP contribution in [0.5, 0.6) is 0 Å². The van der Waals surface area contributed by atoms with Crippen LogP contribution in [0, 0.1) is 5.92 Å². The molecule has 2 saturated heterocycles. The number of nitrogens with one attached hydrogen (secondary N) is 1. The molecule has 3 fully saturated rings. The Bertz CT molecular complexity index is 1580. The average Bonchev–Trinajstić information content (AvgIpc) is 3.66. The predicted octanol–water partition coefficient (Wildman–Crippen LogP) is 1.50. The van der Waals surface area contributed by atoms with Gasteiger partial charge in [-0.25, -0.2) is 0 Å². The molecular weight excluding hydrogens is 556 g/mol. The highest BCUT2D eigenvalue weighted by Crippen LogP contribution is 2.46. The molecule has 0 aromatic heterocycles. The topological polar surface area (TPSA) is 163 Å². The molecular formula is C33H40N8O3. The fourth-order valence-corrected chi connectivity index (χ4v) is 7.08. The first-order chi connectivity index (χ1) is 21.2. The zero-order valence-corrected chi connectivity index (χ0v) is 24.8. The van der Waals surface area contributed by atoms with Gasteiger partial charge in [-0.05, 0) is 60.1 Å². The van der Waals surface area contributed by atoms with E-state index in [2.05, 4.69) is 62.6 Å². The Morgan fingerprint density at radius 2 is 1.64 bits per heavy atom. The molecule has 1 unspecified atom stereocenters. The number of nitrogens with two attached hydrogens (primary N) is 3. The van der Waals surface area contributed by atoms with Gasteiger partial charge in [-0.15, -0.1) is 0 Å². The quantitative estimate of drug-likeness (QED) is 0.204. The number of hydrogen-bond acceptors (Lipinski definition) is 6. The summed E-state index contributed by atoms with van der Waals surface area (Å²) in [5, 5.41) is 5.32. The van der Waals surface area contributed by atoms with E-state index in [1.807, 2.05) is 30.3 Å². The first-order valence-electron chi connectivity index (χ1n) is 15.2. The van der Waals surface area contributed by atoms with E-state index >= 15 is 0 Å². The van der Waals surface area contributed by atoms with E-state index < -0.39 is 22.9 Å². The number of guanidine groups is 1. The third kappa shape index (κ3) is 5.55. The third-order valence-corrected chi connectivity index (χ3v) is 9.55. The van der Waals surface area contributed by atoms with Crippen molar-refractivity contribution in [2.45, 2.75) is 43.3 Å². The molecule has 44 heavy (non-hydrogen) atoms. The van der Waals surface area contributed by atoms with Gasteiger partial charge in [0.05, 0.1) is 6.67 Å².